The van der Waals surface area contributed by atoms with Crippen molar-refractivity contribution in [2.45, 2.75) is 17.7 Å². The Balaban J connectivity index is 1.90. The van der Waals surface area contributed by atoms with Crippen LogP contribution in [-0.4, -0.2) is 41.9 Å². The fourth-order valence-electron chi connectivity index (χ4n) is 3.43. The first-order valence-electron chi connectivity index (χ1n) is 8.81. The van der Waals surface area contributed by atoms with Gasteiger partial charge in [0, 0.05) is 29.1 Å². The molecule has 0 unspecified atom stereocenters. The molecule has 1 saturated heterocycles. The zero-order valence-electron chi connectivity index (χ0n) is 14.8. The van der Waals surface area contributed by atoms with Crippen molar-refractivity contribution in [2.24, 2.45) is 0 Å². The highest BCUT2D eigenvalue weighted by Crippen LogP contribution is 2.31. The van der Waals surface area contributed by atoms with Crippen LogP contribution in [0.2, 0.25) is 5.02 Å². The van der Waals surface area contributed by atoms with E-state index in [0.29, 0.717) is 34.9 Å². The van der Waals surface area contributed by atoms with Crippen molar-refractivity contribution in [1.82, 2.24) is 9.29 Å². The van der Waals surface area contributed by atoms with E-state index in [9.17, 15) is 18.3 Å². The summed E-state index contributed by atoms with van der Waals surface area (Å²) in [4.78, 5) is 16.5. The minimum absolute atomic E-state index is 0.0154. The zero-order chi connectivity index (χ0) is 19.9. The second-order valence-corrected chi connectivity index (χ2v) is 8.98. The highest BCUT2D eigenvalue weighted by molar-refractivity contribution is 7.89. The molecule has 1 aliphatic heterocycles. The summed E-state index contributed by atoms with van der Waals surface area (Å²) in [5.41, 5.74) is 1.42. The molecule has 144 valence electrons. The molecule has 2 aromatic carbocycles. The standard InChI is InChI=1S/C20H17ClN2O4S/c21-17-6-2-1-5-14(17)19-12-16(20(24)25)15-11-13(7-8-18(15)22-19)28(26,27)23-9-3-4-10-23/h1-2,5-8,11-12H,3-4,9-10H2,(H,24,25). The lowest BCUT2D eigenvalue weighted by molar-refractivity contribution is 0.0699. The Morgan fingerprint density at radius 2 is 1.79 bits per heavy atom. The van der Waals surface area contributed by atoms with Crippen LogP contribution in [0, 0.1) is 0 Å². The van der Waals surface area contributed by atoms with Gasteiger partial charge >= 0.3 is 5.97 Å². The topological polar surface area (TPSA) is 87.6 Å². The number of nitrogens with zero attached hydrogens (tertiary/aromatic N) is 2. The summed E-state index contributed by atoms with van der Waals surface area (Å²) in [7, 11) is -3.65. The van der Waals surface area contributed by atoms with E-state index in [4.69, 9.17) is 11.6 Å². The number of carbonyl (C=O) groups is 1. The number of rotatable bonds is 4. The Morgan fingerprint density at radius 3 is 2.46 bits per heavy atom. The van der Waals surface area contributed by atoms with Crippen LogP contribution < -0.4 is 0 Å². The largest absolute Gasteiger partial charge is 0.478 e. The monoisotopic (exact) mass is 416 g/mol. The number of aromatic carboxylic acids is 1. The number of hydrogen-bond donors (Lipinski definition) is 1. The van der Waals surface area contributed by atoms with Crippen molar-refractivity contribution in [3.63, 3.8) is 0 Å². The number of sulfonamides is 1. The van der Waals surface area contributed by atoms with Gasteiger partial charge < -0.3 is 5.11 Å². The minimum Gasteiger partial charge on any atom is -0.478 e. The summed E-state index contributed by atoms with van der Waals surface area (Å²) in [5.74, 6) is -1.16. The smallest absolute Gasteiger partial charge is 0.336 e. The number of hydrogen-bond acceptors (Lipinski definition) is 4. The van der Waals surface area contributed by atoms with E-state index in [1.165, 1.54) is 22.5 Å². The highest BCUT2D eigenvalue weighted by atomic mass is 35.5. The molecule has 6 nitrogen and oxygen atoms in total. The Hall–Kier alpha value is -2.48. The summed E-state index contributed by atoms with van der Waals surface area (Å²) in [6.07, 6.45) is 1.66. The zero-order valence-corrected chi connectivity index (χ0v) is 16.4. The Kier molecular flexibility index (Phi) is 4.82. The molecule has 1 aromatic heterocycles. The van der Waals surface area contributed by atoms with Gasteiger partial charge in [0.25, 0.3) is 0 Å². The predicted octanol–water partition coefficient (Wildman–Crippen LogP) is 4.04. The van der Waals surface area contributed by atoms with Crippen molar-refractivity contribution < 1.29 is 18.3 Å². The maximum absolute atomic E-state index is 12.8. The van der Waals surface area contributed by atoms with E-state index in [1.54, 1.807) is 30.3 Å². The summed E-state index contributed by atoms with van der Waals surface area (Å²) in [6, 6.07) is 12.9. The van der Waals surface area contributed by atoms with Crippen LogP contribution >= 0.6 is 11.6 Å². The first-order valence-corrected chi connectivity index (χ1v) is 10.6. The molecule has 0 bridgehead atoms. The number of aromatic nitrogens is 1. The van der Waals surface area contributed by atoms with E-state index >= 15 is 0 Å². The van der Waals surface area contributed by atoms with Gasteiger partial charge in [-0.2, -0.15) is 4.31 Å². The van der Waals surface area contributed by atoms with Gasteiger partial charge in [-0.1, -0.05) is 29.8 Å². The lowest BCUT2D eigenvalue weighted by atomic mass is 10.0. The van der Waals surface area contributed by atoms with Gasteiger partial charge in [0.1, 0.15) is 0 Å². The van der Waals surface area contributed by atoms with Gasteiger partial charge in [0.2, 0.25) is 10.0 Å². The Morgan fingerprint density at radius 1 is 1.07 bits per heavy atom. The second kappa shape index (κ2) is 7.16. The van der Waals surface area contributed by atoms with Gasteiger partial charge in [0.15, 0.2) is 0 Å². The molecule has 1 aliphatic rings. The molecule has 4 rings (SSSR count). The first-order chi connectivity index (χ1) is 13.4. The molecule has 2 heterocycles. The maximum Gasteiger partial charge on any atom is 0.336 e. The molecule has 0 spiro atoms. The van der Waals surface area contributed by atoms with Gasteiger partial charge in [-0.3, -0.25) is 0 Å². The molecule has 0 saturated carbocycles. The lowest BCUT2D eigenvalue weighted by Gasteiger charge is -2.16. The van der Waals surface area contributed by atoms with Gasteiger partial charge in [-0.05, 0) is 43.2 Å². The molecule has 1 N–H and O–H groups in total. The fraction of sp³-hybridized carbons (Fsp3) is 0.200. The molecule has 0 atom stereocenters. The summed E-state index contributed by atoms with van der Waals surface area (Å²) >= 11 is 6.23. The fourth-order valence-corrected chi connectivity index (χ4v) is 5.20. The van der Waals surface area contributed by atoms with E-state index < -0.39 is 16.0 Å². The maximum atomic E-state index is 12.8. The molecule has 8 heteroatoms. The van der Waals surface area contributed by atoms with E-state index in [0.717, 1.165) is 12.8 Å². The lowest BCUT2D eigenvalue weighted by Crippen LogP contribution is -2.27. The van der Waals surface area contributed by atoms with Crippen LogP contribution in [0.1, 0.15) is 23.2 Å². The third-order valence-corrected chi connectivity index (χ3v) is 7.09. The summed E-state index contributed by atoms with van der Waals surface area (Å²) < 4.78 is 27.1. The number of pyridine rings is 1. The second-order valence-electron chi connectivity index (χ2n) is 6.63. The number of benzene rings is 2. The van der Waals surface area contributed by atoms with Crippen LogP contribution in [-0.2, 0) is 10.0 Å². The average Bonchev–Trinajstić information content (AvgIpc) is 3.22. The molecule has 0 aliphatic carbocycles. The number of halogens is 1. The average molecular weight is 417 g/mol. The number of carboxylic acids is 1. The van der Waals surface area contributed by atoms with Crippen molar-refractivity contribution in [3.8, 4) is 11.3 Å². The van der Waals surface area contributed by atoms with E-state index in [-0.39, 0.29) is 15.8 Å². The van der Waals surface area contributed by atoms with Crippen LogP contribution in [0.15, 0.2) is 53.4 Å². The predicted molar refractivity (Wildman–Crippen MR) is 107 cm³/mol. The Labute approximate surface area is 167 Å². The van der Waals surface area contributed by atoms with Crippen LogP contribution in [0.25, 0.3) is 22.2 Å². The SMILES string of the molecule is O=C(O)c1cc(-c2ccccc2Cl)nc2ccc(S(=O)(=O)N3CCCC3)cc12. The van der Waals surface area contributed by atoms with Crippen molar-refractivity contribution in [1.29, 1.82) is 0 Å². The third-order valence-electron chi connectivity index (χ3n) is 4.86. The first kappa shape index (κ1) is 18.9. The Bertz CT molecular complexity index is 1190. The van der Waals surface area contributed by atoms with Crippen LogP contribution in [0.4, 0.5) is 0 Å². The van der Waals surface area contributed by atoms with Crippen molar-refractivity contribution in [3.05, 3.63) is 59.1 Å². The highest BCUT2D eigenvalue weighted by Gasteiger charge is 2.28. The molecular weight excluding hydrogens is 400 g/mol. The van der Waals surface area contributed by atoms with E-state index in [1.807, 2.05) is 0 Å². The molecule has 0 amide bonds. The minimum atomic E-state index is -3.65. The van der Waals surface area contributed by atoms with Gasteiger partial charge in [0.05, 0.1) is 21.7 Å². The van der Waals surface area contributed by atoms with E-state index in [2.05, 4.69) is 4.98 Å². The molecular formula is C20H17ClN2O4S. The van der Waals surface area contributed by atoms with Gasteiger partial charge in [-0.15, -0.1) is 0 Å². The number of carboxylic acid groups (broad SMARTS) is 1. The molecule has 3 aromatic rings. The third kappa shape index (κ3) is 3.26. The number of fused-ring (bicyclic) bond motifs is 1. The quantitative estimate of drug-likeness (QED) is 0.693. The van der Waals surface area contributed by atoms with Crippen LogP contribution in [0.3, 0.4) is 0 Å². The van der Waals surface area contributed by atoms with Crippen LogP contribution in [0.5, 0.6) is 0 Å². The van der Waals surface area contributed by atoms with Crippen molar-refractivity contribution in [2.75, 3.05) is 13.1 Å². The van der Waals surface area contributed by atoms with Gasteiger partial charge in [-0.25, -0.2) is 18.2 Å². The summed E-state index contributed by atoms with van der Waals surface area (Å²) in [5, 5.41) is 10.4. The molecule has 28 heavy (non-hydrogen) atoms. The molecule has 1 fully saturated rings. The molecule has 0 radical (unpaired) electrons. The summed E-state index contributed by atoms with van der Waals surface area (Å²) in [6.45, 7) is 0.964. The normalized spacial score (nSPS) is 15.2. The van der Waals surface area contributed by atoms with Crippen molar-refractivity contribution >= 4 is 38.5 Å².